The van der Waals surface area contributed by atoms with Gasteiger partial charge in [-0.15, -0.1) is 0 Å². The lowest BCUT2D eigenvalue weighted by Crippen LogP contribution is -2.46. The third-order valence-electron chi connectivity index (χ3n) is 3.52. The van der Waals surface area contributed by atoms with Crippen LogP contribution in [0.25, 0.3) is 0 Å². The van der Waals surface area contributed by atoms with Crippen molar-refractivity contribution in [2.75, 3.05) is 11.4 Å². The zero-order valence-corrected chi connectivity index (χ0v) is 11.9. The quantitative estimate of drug-likeness (QED) is 0.881. The van der Waals surface area contributed by atoms with E-state index in [0.717, 1.165) is 12.1 Å². The van der Waals surface area contributed by atoms with Crippen molar-refractivity contribution in [1.29, 1.82) is 0 Å². The molecule has 1 heterocycles. The number of rotatable bonds is 4. The fourth-order valence-corrected chi connectivity index (χ4v) is 2.21. The van der Waals surface area contributed by atoms with Crippen LogP contribution in [0.4, 0.5) is 10.5 Å². The van der Waals surface area contributed by atoms with Crippen molar-refractivity contribution in [3.05, 3.63) is 30.3 Å². The lowest BCUT2D eigenvalue weighted by Gasteiger charge is -2.18. The molecule has 0 radical (unpaired) electrons. The van der Waals surface area contributed by atoms with Gasteiger partial charge in [-0.25, -0.2) is 4.79 Å². The van der Waals surface area contributed by atoms with Crippen LogP contribution in [0.5, 0.6) is 0 Å². The first kappa shape index (κ1) is 14.4. The number of hydrogen-bond acceptors (Lipinski definition) is 2. The Kier molecular flexibility index (Phi) is 4.61. The zero-order valence-electron chi connectivity index (χ0n) is 11.9. The summed E-state index contributed by atoms with van der Waals surface area (Å²) in [5, 5.41) is 5.71. The van der Waals surface area contributed by atoms with Crippen LogP contribution in [0.1, 0.15) is 26.7 Å². The predicted molar refractivity (Wildman–Crippen MR) is 78.6 cm³/mol. The highest BCUT2D eigenvalue weighted by atomic mass is 16.2. The molecule has 2 atom stereocenters. The Morgan fingerprint density at radius 2 is 2.10 bits per heavy atom. The summed E-state index contributed by atoms with van der Waals surface area (Å²) in [5.41, 5.74) is 0.879. The first-order chi connectivity index (χ1) is 9.60. The average Bonchev–Trinajstić information content (AvgIpc) is 2.80. The molecule has 1 aliphatic rings. The molecule has 0 aromatic heterocycles. The van der Waals surface area contributed by atoms with Crippen molar-refractivity contribution >= 4 is 17.6 Å². The smallest absolute Gasteiger partial charge is 0.315 e. The molecule has 0 bridgehead atoms. The van der Waals surface area contributed by atoms with Gasteiger partial charge in [0.25, 0.3) is 0 Å². The molecule has 1 aliphatic heterocycles. The number of hydrogen-bond donors (Lipinski definition) is 2. The molecule has 1 aromatic rings. The molecular formula is C15H21N3O2. The number of anilines is 1. The maximum Gasteiger partial charge on any atom is 0.315 e. The molecule has 1 aromatic carbocycles. The van der Waals surface area contributed by atoms with E-state index in [4.69, 9.17) is 0 Å². The van der Waals surface area contributed by atoms with E-state index in [9.17, 15) is 9.59 Å². The second-order valence-corrected chi connectivity index (χ2v) is 5.17. The van der Waals surface area contributed by atoms with Gasteiger partial charge in [-0.05, 0) is 25.5 Å². The normalized spacial score (nSPS) is 19.8. The standard InChI is InChI=1S/C15H21N3O2/c1-3-11(2)16-15(20)17-12-9-14(19)18(10-12)13-7-5-4-6-8-13/h4-8,11-12H,3,9-10H2,1-2H3,(H2,16,17,20)/t11-,12-/m0/s1. The number of carbonyl (C=O) groups excluding carboxylic acids is 2. The summed E-state index contributed by atoms with van der Waals surface area (Å²) in [6.45, 7) is 4.49. The molecule has 20 heavy (non-hydrogen) atoms. The highest BCUT2D eigenvalue weighted by molar-refractivity contribution is 5.96. The van der Waals surface area contributed by atoms with Crippen LogP contribution in [0, 0.1) is 0 Å². The Bertz CT molecular complexity index is 475. The Hall–Kier alpha value is -2.04. The van der Waals surface area contributed by atoms with Crippen molar-refractivity contribution in [1.82, 2.24) is 10.6 Å². The molecule has 2 rings (SSSR count). The average molecular weight is 275 g/mol. The molecule has 1 saturated heterocycles. The van der Waals surface area contributed by atoms with Crippen LogP contribution in [0.2, 0.25) is 0 Å². The van der Waals surface area contributed by atoms with Gasteiger partial charge in [0.2, 0.25) is 5.91 Å². The predicted octanol–water partition coefficient (Wildman–Crippen LogP) is 1.89. The summed E-state index contributed by atoms with van der Waals surface area (Å²) in [5.74, 6) is 0.0463. The lowest BCUT2D eigenvalue weighted by molar-refractivity contribution is -0.117. The molecule has 0 saturated carbocycles. The minimum Gasteiger partial charge on any atom is -0.336 e. The molecule has 5 heteroatoms. The minimum atomic E-state index is -0.202. The molecular weight excluding hydrogens is 254 g/mol. The zero-order chi connectivity index (χ0) is 14.5. The van der Waals surface area contributed by atoms with Crippen molar-refractivity contribution in [2.45, 2.75) is 38.8 Å². The van der Waals surface area contributed by atoms with E-state index in [2.05, 4.69) is 10.6 Å². The molecule has 108 valence electrons. The van der Waals surface area contributed by atoms with Crippen molar-refractivity contribution in [2.24, 2.45) is 0 Å². The van der Waals surface area contributed by atoms with E-state index in [0.29, 0.717) is 13.0 Å². The van der Waals surface area contributed by atoms with Gasteiger partial charge >= 0.3 is 6.03 Å². The molecule has 1 fully saturated rings. The van der Waals surface area contributed by atoms with Gasteiger partial charge in [0.1, 0.15) is 0 Å². The van der Waals surface area contributed by atoms with E-state index in [1.165, 1.54) is 0 Å². The fraction of sp³-hybridized carbons (Fsp3) is 0.467. The first-order valence-electron chi connectivity index (χ1n) is 7.02. The number of benzene rings is 1. The maximum absolute atomic E-state index is 12.0. The van der Waals surface area contributed by atoms with E-state index in [1.54, 1.807) is 4.90 Å². The number of nitrogens with zero attached hydrogens (tertiary/aromatic N) is 1. The fourth-order valence-electron chi connectivity index (χ4n) is 2.21. The van der Waals surface area contributed by atoms with E-state index >= 15 is 0 Å². The lowest BCUT2D eigenvalue weighted by atomic mass is 10.2. The van der Waals surface area contributed by atoms with Gasteiger partial charge in [0.05, 0.1) is 6.04 Å². The number of carbonyl (C=O) groups is 2. The summed E-state index contributed by atoms with van der Waals surface area (Å²) < 4.78 is 0. The van der Waals surface area contributed by atoms with Crippen LogP contribution in [-0.2, 0) is 4.79 Å². The van der Waals surface area contributed by atoms with E-state index in [-0.39, 0.29) is 24.0 Å². The number of nitrogens with one attached hydrogen (secondary N) is 2. The van der Waals surface area contributed by atoms with Gasteiger partial charge in [-0.1, -0.05) is 25.1 Å². The van der Waals surface area contributed by atoms with Crippen LogP contribution in [-0.4, -0.2) is 30.6 Å². The number of urea groups is 1. The van der Waals surface area contributed by atoms with Crippen molar-refractivity contribution in [3.8, 4) is 0 Å². The van der Waals surface area contributed by atoms with Gasteiger partial charge in [-0.2, -0.15) is 0 Å². The molecule has 3 amide bonds. The van der Waals surface area contributed by atoms with Gasteiger partial charge in [0.15, 0.2) is 0 Å². The Labute approximate surface area is 119 Å². The first-order valence-corrected chi connectivity index (χ1v) is 7.02. The van der Waals surface area contributed by atoms with Gasteiger partial charge in [0, 0.05) is 24.7 Å². The maximum atomic E-state index is 12.0. The second-order valence-electron chi connectivity index (χ2n) is 5.17. The Balaban J connectivity index is 1.91. The Morgan fingerprint density at radius 1 is 1.40 bits per heavy atom. The third kappa shape index (κ3) is 3.50. The van der Waals surface area contributed by atoms with Crippen molar-refractivity contribution < 1.29 is 9.59 Å². The summed E-state index contributed by atoms with van der Waals surface area (Å²) in [6, 6.07) is 9.33. The molecule has 0 aliphatic carbocycles. The van der Waals surface area contributed by atoms with Crippen LogP contribution >= 0.6 is 0 Å². The largest absolute Gasteiger partial charge is 0.336 e. The number of para-hydroxylation sites is 1. The topological polar surface area (TPSA) is 61.4 Å². The summed E-state index contributed by atoms with van der Waals surface area (Å²) in [7, 11) is 0. The summed E-state index contributed by atoms with van der Waals surface area (Å²) in [6.07, 6.45) is 1.23. The monoisotopic (exact) mass is 275 g/mol. The van der Waals surface area contributed by atoms with E-state index in [1.807, 2.05) is 44.2 Å². The minimum absolute atomic E-state index is 0.0463. The van der Waals surface area contributed by atoms with Crippen LogP contribution < -0.4 is 15.5 Å². The van der Waals surface area contributed by atoms with Gasteiger partial charge in [-0.3, -0.25) is 4.79 Å². The number of amides is 3. The molecule has 2 N–H and O–H groups in total. The highest BCUT2D eigenvalue weighted by Gasteiger charge is 2.31. The molecule has 0 spiro atoms. The summed E-state index contributed by atoms with van der Waals surface area (Å²) in [4.78, 5) is 25.5. The van der Waals surface area contributed by atoms with Crippen LogP contribution in [0.15, 0.2) is 30.3 Å². The highest BCUT2D eigenvalue weighted by Crippen LogP contribution is 2.20. The van der Waals surface area contributed by atoms with Gasteiger partial charge < -0.3 is 15.5 Å². The van der Waals surface area contributed by atoms with E-state index < -0.39 is 0 Å². The second kappa shape index (κ2) is 6.41. The third-order valence-corrected chi connectivity index (χ3v) is 3.52. The van der Waals surface area contributed by atoms with Crippen LogP contribution in [0.3, 0.4) is 0 Å². The Morgan fingerprint density at radius 3 is 2.75 bits per heavy atom. The molecule has 0 unspecified atom stereocenters. The molecule has 5 nitrogen and oxygen atoms in total. The summed E-state index contributed by atoms with van der Waals surface area (Å²) >= 11 is 0. The van der Waals surface area contributed by atoms with Crippen molar-refractivity contribution in [3.63, 3.8) is 0 Å². The SMILES string of the molecule is CC[C@H](C)NC(=O)N[C@H]1CC(=O)N(c2ccccc2)C1.